The normalized spacial score (nSPS) is 18.9. The van der Waals surface area contributed by atoms with Crippen molar-refractivity contribution in [3.8, 4) is 11.1 Å². The Balaban J connectivity index is 1.58. The first kappa shape index (κ1) is 20.9. The number of anilines is 1. The topological polar surface area (TPSA) is 106 Å². The number of aromatic nitrogens is 4. The number of halogens is 1. The van der Waals surface area contributed by atoms with Crippen LogP contribution in [-0.2, 0) is 4.79 Å². The SMILES string of the molecule is Cc1ccc2c(-c3cnn4c(N)c(Br)c(C5CCC(CC(=O)O)CC5)nc34)cncc2c1. The summed E-state index contributed by atoms with van der Waals surface area (Å²) in [6.07, 6.45) is 9.33. The van der Waals surface area contributed by atoms with Gasteiger partial charge in [-0.05, 0) is 65.9 Å². The number of fused-ring (bicyclic) bond motifs is 2. The first-order chi connectivity index (χ1) is 15.4. The summed E-state index contributed by atoms with van der Waals surface area (Å²) < 4.78 is 2.44. The van der Waals surface area contributed by atoms with Gasteiger partial charge < -0.3 is 10.8 Å². The summed E-state index contributed by atoms with van der Waals surface area (Å²) in [6.45, 7) is 2.07. The molecule has 1 aromatic carbocycles. The quantitative estimate of drug-likeness (QED) is 0.396. The van der Waals surface area contributed by atoms with Gasteiger partial charge in [0.2, 0.25) is 0 Å². The van der Waals surface area contributed by atoms with E-state index in [9.17, 15) is 4.79 Å². The number of aliphatic carboxylic acids is 1. The first-order valence-corrected chi connectivity index (χ1v) is 11.6. The second kappa shape index (κ2) is 8.16. The molecule has 0 amide bonds. The van der Waals surface area contributed by atoms with Crippen molar-refractivity contribution in [1.82, 2.24) is 19.6 Å². The van der Waals surface area contributed by atoms with E-state index in [0.29, 0.717) is 11.5 Å². The van der Waals surface area contributed by atoms with Crippen LogP contribution in [0, 0.1) is 12.8 Å². The molecule has 0 aliphatic heterocycles. The fourth-order valence-corrected chi connectivity index (χ4v) is 5.45. The number of carboxylic acids is 1. The average Bonchev–Trinajstić information content (AvgIpc) is 3.20. The Hall–Kier alpha value is -3.00. The second-order valence-electron chi connectivity index (χ2n) is 8.72. The smallest absolute Gasteiger partial charge is 0.303 e. The van der Waals surface area contributed by atoms with Crippen LogP contribution < -0.4 is 5.73 Å². The van der Waals surface area contributed by atoms with Crippen LogP contribution in [-0.4, -0.2) is 30.7 Å². The highest BCUT2D eigenvalue weighted by Crippen LogP contribution is 2.41. The van der Waals surface area contributed by atoms with Crippen molar-refractivity contribution < 1.29 is 9.90 Å². The zero-order valence-electron chi connectivity index (χ0n) is 17.8. The highest BCUT2D eigenvalue weighted by Gasteiger charge is 2.28. The summed E-state index contributed by atoms with van der Waals surface area (Å²) in [5.74, 6) is 0.270. The number of pyridine rings is 1. The monoisotopic (exact) mass is 493 g/mol. The summed E-state index contributed by atoms with van der Waals surface area (Å²) >= 11 is 3.65. The van der Waals surface area contributed by atoms with E-state index in [1.807, 2.05) is 12.4 Å². The Labute approximate surface area is 193 Å². The zero-order valence-corrected chi connectivity index (χ0v) is 19.3. The Morgan fingerprint density at radius 2 is 1.97 bits per heavy atom. The Morgan fingerprint density at radius 3 is 2.72 bits per heavy atom. The number of carbonyl (C=O) groups is 1. The van der Waals surface area contributed by atoms with Gasteiger partial charge in [0, 0.05) is 41.2 Å². The standard InChI is InChI=1S/C24H24BrN5O2/c1-13-2-7-17-16(8-13)10-27-11-18(17)19-12-28-30-23(26)21(25)22(29-24(19)30)15-5-3-14(4-6-15)9-20(31)32/h2,7-8,10-12,14-15H,3-6,9,26H2,1H3,(H,31,32). The molecule has 4 aromatic rings. The third kappa shape index (κ3) is 3.62. The molecule has 0 radical (unpaired) electrons. The van der Waals surface area contributed by atoms with Gasteiger partial charge in [-0.3, -0.25) is 9.78 Å². The maximum atomic E-state index is 11.1. The molecule has 164 valence electrons. The maximum Gasteiger partial charge on any atom is 0.303 e. The van der Waals surface area contributed by atoms with Crippen molar-refractivity contribution in [2.24, 2.45) is 5.92 Å². The fraction of sp³-hybridized carbons (Fsp3) is 0.333. The average molecular weight is 494 g/mol. The van der Waals surface area contributed by atoms with Crippen molar-refractivity contribution in [2.45, 2.75) is 44.9 Å². The summed E-state index contributed by atoms with van der Waals surface area (Å²) in [5, 5.41) is 15.8. The Kier molecular flexibility index (Phi) is 5.33. The van der Waals surface area contributed by atoms with E-state index in [4.69, 9.17) is 15.8 Å². The minimum absolute atomic E-state index is 0.234. The van der Waals surface area contributed by atoms with Gasteiger partial charge in [-0.1, -0.05) is 17.7 Å². The lowest BCUT2D eigenvalue weighted by Crippen LogP contribution is -2.18. The molecule has 0 spiro atoms. The van der Waals surface area contributed by atoms with Crippen LogP contribution in [0.4, 0.5) is 5.82 Å². The maximum absolute atomic E-state index is 11.1. The summed E-state index contributed by atoms with van der Waals surface area (Å²) in [5.41, 5.74) is 11.2. The predicted octanol–water partition coefficient (Wildman–Crippen LogP) is 5.35. The van der Waals surface area contributed by atoms with Crippen molar-refractivity contribution in [1.29, 1.82) is 0 Å². The summed E-state index contributed by atoms with van der Waals surface area (Å²) in [7, 11) is 0. The molecule has 3 N–H and O–H groups in total. The van der Waals surface area contributed by atoms with Gasteiger partial charge in [0.15, 0.2) is 5.65 Å². The van der Waals surface area contributed by atoms with Gasteiger partial charge in [0.25, 0.3) is 0 Å². The molecule has 0 atom stereocenters. The van der Waals surface area contributed by atoms with Crippen LogP contribution in [0.5, 0.6) is 0 Å². The molecule has 5 rings (SSSR count). The third-order valence-corrected chi connectivity index (χ3v) is 7.36. The van der Waals surface area contributed by atoms with Crippen molar-refractivity contribution in [3.05, 3.63) is 52.5 Å². The van der Waals surface area contributed by atoms with Crippen molar-refractivity contribution >= 4 is 44.1 Å². The van der Waals surface area contributed by atoms with E-state index in [0.717, 1.165) is 57.7 Å². The first-order valence-electron chi connectivity index (χ1n) is 10.8. The summed E-state index contributed by atoms with van der Waals surface area (Å²) in [6, 6.07) is 6.33. The molecule has 1 saturated carbocycles. The van der Waals surface area contributed by atoms with Crippen LogP contribution >= 0.6 is 15.9 Å². The lowest BCUT2D eigenvalue weighted by molar-refractivity contribution is -0.138. The van der Waals surface area contributed by atoms with Crippen LogP contribution in [0.15, 0.2) is 41.3 Å². The number of hydrogen-bond donors (Lipinski definition) is 2. The molecule has 0 unspecified atom stereocenters. The number of nitrogens with two attached hydrogens (primary N) is 1. The highest BCUT2D eigenvalue weighted by molar-refractivity contribution is 9.10. The number of nitrogens with zero attached hydrogens (tertiary/aromatic N) is 4. The lowest BCUT2D eigenvalue weighted by atomic mass is 9.79. The van der Waals surface area contributed by atoms with Crippen molar-refractivity contribution in [3.63, 3.8) is 0 Å². The molecule has 7 nitrogen and oxygen atoms in total. The number of hydrogen-bond acceptors (Lipinski definition) is 5. The number of benzene rings is 1. The molecule has 3 aromatic heterocycles. The summed E-state index contributed by atoms with van der Waals surface area (Å²) in [4.78, 5) is 20.6. The van der Waals surface area contributed by atoms with Gasteiger partial charge in [0.1, 0.15) is 5.82 Å². The molecule has 1 fully saturated rings. The largest absolute Gasteiger partial charge is 0.481 e. The molecule has 1 aliphatic carbocycles. The molecule has 0 saturated heterocycles. The zero-order chi connectivity index (χ0) is 22.4. The van der Waals surface area contributed by atoms with E-state index in [-0.39, 0.29) is 18.3 Å². The Bertz CT molecular complexity index is 1340. The predicted molar refractivity (Wildman–Crippen MR) is 128 cm³/mol. The Morgan fingerprint density at radius 1 is 1.19 bits per heavy atom. The van der Waals surface area contributed by atoms with Crippen LogP contribution in [0.25, 0.3) is 27.5 Å². The van der Waals surface area contributed by atoms with E-state index in [1.165, 1.54) is 5.56 Å². The molecule has 3 heterocycles. The van der Waals surface area contributed by atoms with Gasteiger partial charge in [-0.25, -0.2) is 4.98 Å². The van der Waals surface area contributed by atoms with E-state index in [1.54, 1.807) is 10.7 Å². The molecule has 8 heteroatoms. The van der Waals surface area contributed by atoms with Gasteiger partial charge >= 0.3 is 5.97 Å². The number of rotatable bonds is 4. The van der Waals surface area contributed by atoms with E-state index < -0.39 is 5.97 Å². The van der Waals surface area contributed by atoms with Crippen LogP contribution in [0.1, 0.15) is 49.3 Å². The van der Waals surface area contributed by atoms with E-state index in [2.05, 4.69) is 51.1 Å². The minimum atomic E-state index is -0.721. The van der Waals surface area contributed by atoms with Gasteiger partial charge in [0.05, 0.1) is 16.4 Å². The molecule has 1 aliphatic rings. The fourth-order valence-electron chi connectivity index (χ4n) is 4.87. The van der Waals surface area contributed by atoms with Crippen molar-refractivity contribution in [2.75, 3.05) is 5.73 Å². The van der Waals surface area contributed by atoms with Gasteiger partial charge in [-0.2, -0.15) is 9.61 Å². The highest BCUT2D eigenvalue weighted by atomic mass is 79.9. The number of carboxylic acid groups (broad SMARTS) is 1. The molecule has 0 bridgehead atoms. The second-order valence-corrected chi connectivity index (χ2v) is 9.51. The third-order valence-electron chi connectivity index (χ3n) is 6.55. The molecular formula is C24H24BrN5O2. The van der Waals surface area contributed by atoms with Crippen LogP contribution in [0.3, 0.4) is 0 Å². The lowest BCUT2D eigenvalue weighted by Gasteiger charge is -2.28. The van der Waals surface area contributed by atoms with Crippen LogP contribution in [0.2, 0.25) is 0 Å². The number of nitrogen functional groups attached to an aromatic ring is 1. The van der Waals surface area contributed by atoms with E-state index >= 15 is 0 Å². The molecular weight excluding hydrogens is 470 g/mol. The minimum Gasteiger partial charge on any atom is -0.481 e. The van der Waals surface area contributed by atoms with Gasteiger partial charge in [-0.15, -0.1) is 0 Å². The number of aryl methyl sites for hydroxylation is 1. The molecule has 32 heavy (non-hydrogen) atoms.